The lowest BCUT2D eigenvalue weighted by Crippen LogP contribution is -2.28. The number of fused-ring (bicyclic) bond motifs is 1. The van der Waals surface area contributed by atoms with Gasteiger partial charge in [-0.15, -0.1) is 22.7 Å². The topological polar surface area (TPSA) is 55.2 Å². The Balaban J connectivity index is 1.13. The number of hydrogen-bond acceptors (Lipinski definition) is 7. The van der Waals surface area contributed by atoms with E-state index in [1.165, 1.54) is 85.6 Å². The highest BCUT2D eigenvalue weighted by Crippen LogP contribution is 2.39. The van der Waals surface area contributed by atoms with Crippen LogP contribution in [0.15, 0.2) is 59.4 Å². The first-order valence-electron chi connectivity index (χ1n) is 16.0. The van der Waals surface area contributed by atoms with Crippen LogP contribution in [0.3, 0.4) is 0 Å². The molecular weight excluding hydrogens is 614 g/mol. The first kappa shape index (κ1) is 30.4. The molecule has 2 aliphatic rings. The van der Waals surface area contributed by atoms with Crippen molar-refractivity contribution in [2.75, 3.05) is 31.5 Å². The van der Waals surface area contributed by atoms with Crippen molar-refractivity contribution in [3.05, 3.63) is 85.3 Å². The molecular formula is C37H38ClN5S2. The van der Waals surface area contributed by atoms with Crippen molar-refractivity contribution in [2.45, 2.75) is 58.5 Å². The molecule has 2 saturated heterocycles. The van der Waals surface area contributed by atoms with Gasteiger partial charge in [-0.3, -0.25) is 14.8 Å². The molecule has 0 bridgehead atoms. The molecule has 0 radical (unpaired) electrons. The molecule has 5 nitrogen and oxygen atoms in total. The average molecular weight is 652 g/mol. The van der Waals surface area contributed by atoms with Crippen molar-refractivity contribution in [3.8, 4) is 28.3 Å². The average Bonchev–Trinajstić information content (AvgIpc) is 3.73. The number of rotatable bonds is 8. The van der Waals surface area contributed by atoms with E-state index in [1.807, 2.05) is 28.7 Å². The highest BCUT2D eigenvalue weighted by atomic mass is 35.5. The summed E-state index contributed by atoms with van der Waals surface area (Å²) < 4.78 is 0. The molecule has 45 heavy (non-hydrogen) atoms. The molecule has 2 fully saturated rings. The Hall–Kier alpha value is -3.25. The van der Waals surface area contributed by atoms with E-state index in [1.54, 1.807) is 6.20 Å². The smallest absolute Gasteiger partial charge is 0.103 e. The maximum atomic E-state index is 10.0. The quantitative estimate of drug-likeness (QED) is 0.181. The summed E-state index contributed by atoms with van der Waals surface area (Å²) in [5.74, 6) is 0. The normalized spacial score (nSPS) is 16.2. The fourth-order valence-corrected chi connectivity index (χ4v) is 8.88. The highest BCUT2D eigenvalue weighted by Gasteiger charge is 2.17. The second-order valence-corrected chi connectivity index (χ2v) is 14.8. The highest BCUT2D eigenvalue weighted by molar-refractivity contribution is 7.10. The molecule has 1 N–H and O–H groups in total. The maximum Gasteiger partial charge on any atom is 0.103 e. The van der Waals surface area contributed by atoms with Crippen LogP contribution >= 0.6 is 34.3 Å². The van der Waals surface area contributed by atoms with Crippen molar-refractivity contribution in [3.63, 3.8) is 0 Å². The van der Waals surface area contributed by atoms with Crippen LogP contribution in [-0.2, 0) is 13.1 Å². The zero-order valence-electron chi connectivity index (χ0n) is 25.7. The summed E-state index contributed by atoms with van der Waals surface area (Å²) in [5.41, 5.74) is 8.61. The van der Waals surface area contributed by atoms with Crippen LogP contribution in [0.1, 0.15) is 59.4 Å². The minimum absolute atomic E-state index is 0.495. The minimum Gasteiger partial charge on any atom is -0.352 e. The third kappa shape index (κ3) is 6.82. The van der Waals surface area contributed by atoms with Crippen LogP contribution in [0.4, 0.5) is 11.4 Å². The number of aromatic nitrogens is 1. The lowest BCUT2D eigenvalue weighted by molar-refractivity contribution is 0.222. The number of nitrogens with zero attached hydrogens (tertiary/aromatic N) is 4. The molecule has 2 aromatic carbocycles. The molecule has 2 aliphatic heterocycles. The molecule has 8 heteroatoms. The van der Waals surface area contributed by atoms with Gasteiger partial charge in [0, 0.05) is 34.4 Å². The van der Waals surface area contributed by atoms with Crippen molar-refractivity contribution in [2.24, 2.45) is 0 Å². The van der Waals surface area contributed by atoms with Gasteiger partial charge in [-0.2, -0.15) is 5.26 Å². The molecule has 5 heterocycles. The number of piperidine rings is 2. The molecule has 230 valence electrons. The van der Waals surface area contributed by atoms with Gasteiger partial charge in [0.1, 0.15) is 6.07 Å². The first-order chi connectivity index (χ1) is 22.0. The number of likely N-dealkylation sites (tertiary alicyclic amines) is 2. The van der Waals surface area contributed by atoms with E-state index in [2.05, 4.69) is 80.3 Å². The first-order valence-corrected chi connectivity index (χ1v) is 18.2. The largest absolute Gasteiger partial charge is 0.352 e. The molecule has 0 unspecified atom stereocenters. The number of anilines is 2. The van der Waals surface area contributed by atoms with Crippen LogP contribution in [0.5, 0.6) is 0 Å². The Morgan fingerprint density at radius 1 is 0.778 bits per heavy atom. The lowest BCUT2D eigenvalue weighted by atomic mass is 10.0. The molecule has 0 aliphatic carbocycles. The van der Waals surface area contributed by atoms with Crippen LogP contribution in [-0.4, -0.2) is 41.0 Å². The zero-order chi connectivity index (χ0) is 30.8. The molecule has 0 saturated carbocycles. The standard InChI is InChI=1S/C37H38ClN5S2/c1-25-14-27(29-16-32(45-24-29)22-43-12-6-3-7-13-43)17-34(38)36(25)41-37-30(19-39)20-40-35-18-26(8-9-33(35)37)28-15-31(44-23-28)21-42-10-4-2-5-11-42/h8-9,14-18,20,23-24H,2-7,10-13,21-22H2,1H3,(H,40,41). The number of pyridine rings is 1. The van der Waals surface area contributed by atoms with E-state index in [-0.39, 0.29) is 0 Å². The number of aryl methyl sites for hydroxylation is 1. The number of nitrogens with one attached hydrogen (secondary N) is 1. The van der Waals surface area contributed by atoms with Crippen molar-refractivity contribution >= 4 is 56.6 Å². The van der Waals surface area contributed by atoms with Gasteiger partial charge in [0.05, 0.1) is 27.5 Å². The molecule has 0 atom stereocenters. The summed E-state index contributed by atoms with van der Waals surface area (Å²) in [4.78, 5) is 12.6. The van der Waals surface area contributed by atoms with E-state index < -0.39 is 0 Å². The SMILES string of the molecule is Cc1cc(-c2csc(CN3CCCCC3)c2)cc(Cl)c1Nc1c(C#N)cnc2cc(-c3csc(CN4CCCCC4)c3)ccc12. The van der Waals surface area contributed by atoms with Crippen LogP contribution in [0, 0.1) is 18.3 Å². The van der Waals surface area contributed by atoms with Gasteiger partial charge in [-0.25, -0.2) is 0 Å². The Kier molecular flexibility index (Phi) is 9.20. The summed E-state index contributed by atoms with van der Waals surface area (Å²) in [6.07, 6.45) is 9.58. The van der Waals surface area contributed by atoms with Gasteiger partial charge in [0.2, 0.25) is 0 Å². The predicted octanol–water partition coefficient (Wildman–Crippen LogP) is 10.2. The van der Waals surface area contributed by atoms with Gasteiger partial charge in [-0.05, 0) is 128 Å². The summed E-state index contributed by atoms with van der Waals surface area (Å²) in [6.45, 7) is 8.92. The molecule has 3 aromatic heterocycles. The summed E-state index contributed by atoms with van der Waals surface area (Å²) in [7, 11) is 0. The number of thiophene rings is 2. The van der Waals surface area contributed by atoms with Crippen LogP contribution in [0.2, 0.25) is 5.02 Å². The van der Waals surface area contributed by atoms with Crippen molar-refractivity contribution < 1.29 is 0 Å². The van der Waals surface area contributed by atoms with Gasteiger partial charge >= 0.3 is 0 Å². The fourth-order valence-electron chi connectivity index (χ4n) is 6.69. The third-order valence-electron chi connectivity index (χ3n) is 9.16. The second kappa shape index (κ2) is 13.6. The minimum atomic E-state index is 0.495. The second-order valence-electron chi connectivity index (χ2n) is 12.4. The number of hydrogen-bond donors (Lipinski definition) is 1. The molecule has 7 rings (SSSR count). The lowest BCUT2D eigenvalue weighted by Gasteiger charge is -2.25. The Morgan fingerprint density at radius 3 is 2.00 bits per heavy atom. The van der Waals surface area contributed by atoms with E-state index in [0.717, 1.165) is 52.1 Å². The van der Waals surface area contributed by atoms with Crippen LogP contribution in [0.25, 0.3) is 33.2 Å². The Morgan fingerprint density at radius 2 is 1.40 bits per heavy atom. The van der Waals surface area contributed by atoms with E-state index in [0.29, 0.717) is 10.6 Å². The van der Waals surface area contributed by atoms with Crippen LogP contribution < -0.4 is 5.32 Å². The number of benzene rings is 2. The van der Waals surface area contributed by atoms with Gasteiger partial charge in [0.15, 0.2) is 0 Å². The predicted molar refractivity (Wildman–Crippen MR) is 191 cm³/mol. The van der Waals surface area contributed by atoms with E-state index >= 15 is 0 Å². The van der Waals surface area contributed by atoms with Crippen molar-refractivity contribution in [1.29, 1.82) is 5.26 Å². The summed E-state index contributed by atoms with van der Waals surface area (Å²) >= 11 is 10.6. The van der Waals surface area contributed by atoms with Crippen molar-refractivity contribution in [1.82, 2.24) is 14.8 Å². The zero-order valence-corrected chi connectivity index (χ0v) is 28.1. The maximum absolute atomic E-state index is 10.0. The summed E-state index contributed by atoms with van der Waals surface area (Å²) in [6, 6.07) is 17.5. The van der Waals surface area contributed by atoms with Gasteiger partial charge in [0.25, 0.3) is 0 Å². The molecule has 0 amide bonds. The third-order valence-corrected chi connectivity index (χ3v) is 11.3. The Bertz CT molecular complexity index is 1830. The van der Waals surface area contributed by atoms with E-state index in [9.17, 15) is 5.26 Å². The molecule has 5 aromatic rings. The molecule has 0 spiro atoms. The number of nitriles is 1. The number of halogens is 1. The van der Waals surface area contributed by atoms with Gasteiger partial charge < -0.3 is 5.32 Å². The Labute approximate surface area is 279 Å². The van der Waals surface area contributed by atoms with E-state index in [4.69, 9.17) is 11.6 Å². The van der Waals surface area contributed by atoms with Gasteiger partial charge in [-0.1, -0.05) is 36.6 Å². The summed E-state index contributed by atoms with van der Waals surface area (Å²) in [5, 5.41) is 19.6. The monoisotopic (exact) mass is 651 g/mol. The fraction of sp³-hybridized carbons (Fsp3) is 0.351.